The Morgan fingerprint density at radius 2 is 2.04 bits per heavy atom. The second-order valence-electron chi connectivity index (χ2n) is 5.11. The topological polar surface area (TPSA) is 99.0 Å². The Kier molecular flexibility index (Phi) is 4.19. The van der Waals surface area contributed by atoms with E-state index in [-0.39, 0.29) is 5.56 Å². The number of benzene rings is 1. The third-order valence-corrected chi connectivity index (χ3v) is 3.55. The largest absolute Gasteiger partial charge is 0.481 e. The van der Waals surface area contributed by atoms with Crippen molar-refractivity contribution in [1.29, 1.82) is 0 Å². The van der Waals surface area contributed by atoms with Gasteiger partial charge in [0.1, 0.15) is 11.6 Å². The molecule has 1 N–H and O–H groups in total. The van der Waals surface area contributed by atoms with Crippen LogP contribution in [0.15, 0.2) is 47.4 Å². The molecule has 8 heteroatoms. The molecular formula is C16H15N5O3. The molecule has 2 aromatic heterocycles. The molecule has 2 heterocycles. The number of rotatable bonds is 4. The number of carbonyl (C=O) groups is 1. The van der Waals surface area contributed by atoms with Crippen LogP contribution in [0.3, 0.4) is 0 Å². The van der Waals surface area contributed by atoms with Crippen molar-refractivity contribution in [1.82, 2.24) is 20.0 Å². The van der Waals surface area contributed by atoms with Crippen molar-refractivity contribution in [3.63, 3.8) is 0 Å². The fourth-order valence-electron chi connectivity index (χ4n) is 2.19. The van der Waals surface area contributed by atoms with Crippen LogP contribution >= 0.6 is 0 Å². The van der Waals surface area contributed by atoms with E-state index < -0.39 is 11.9 Å². The standard InChI is InChI=1S/C16H15N5O3/c1-10(15(22)18-11-7-8-14(24-2)17-9-11)21-16(23)12-5-3-4-6-13(12)19-20-21/h3-10H,1-2H3,(H,18,22)/t10-/m1/s1. The van der Waals surface area contributed by atoms with E-state index in [1.807, 2.05) is 0 Å². The van der Waals surface area contributed by atoms with Crippen LogP contribution in [0.2, 0.25) is 0 Å². The molecular weight excluding hydrogens is 310 g/mol. The van der Waals surface area contributed by atoms with E-state index in [4.69, 9.17) is 4.74 Å². The molecule has 0 aliphatic rings. The molecule has 0 saturated heterocycles. The lowest BCUT2D eigenvalue weighted by Crippen LogP contribution is -2.34. The van der Waals surface area contributed by atoms with Gasteiger partial charge in [0.05, 0.1) is 24.4 Å². The first-order valence-corrected chi connectivity index (χ1v) is 7.25. The Bertz CT molecular complexity index is 936. The number of hydrogen-bond donors (Lipinski definition) is 1. The lowest BCUT2D eigenvalue weighted by atomic mass is 10.2. The molecule has 0 unspecified atom stereocenters. The average Bonchev–Trinajstić information content (AvgIpc) is 2.62. The highest BCUT2D eigenvalue weighted by Gasteiger charge is 2.19. The van der Waals surface area contributed by atoms with Crippen LogP contribution in [-0.2, 0) is 4.79 Å². The first-order chi connectivity index (χ1) is 11.6. The number of aromatic nitrogens is 4. The number of nitrogens with zero attached hydrogens (tertiary/aromatic N) is 4. The van der Waals surface area contributed by atoms with E-state index in [2.05, 4.69) is 20.6 Å². The quantitative estimate of drug-likeness (QED) is 0.778. The Morgan fingerprint density at radius 1 is 1.25 bits per heavy atom. The predicted molar refractivity (Wildman–Crippen MR) is 87.9 cm³/mol. The monoisotopic (exact) mass is 325 g/mol. The SMILES string of the molecule is COc1ccc(NC(=O)[C@@H](C)n2nnc3ccccc3c2=O)cn1. The summed E-state index contributed by atoms with van der Waals surface area (Å²) >= 11 is 0. The molecule has 24 heavy (non-hydrogen) atoms. The third kappa shape index (κ3) is 2.94. The molecule has 0 fully saturated rings. The van der Waals surface area contributed by atoms with Gasteiger partial charge in [-0.2, -0.15) is 4.68 Å². The summed E-state index contributed by atoms with van der Waals surface area (Å²) in [6, 6.07) is 9.32. The van der Waals surface area contributed by atoms with Crippen LogP contribution in [0.5, 0.6) is 5.88 Å². The first-order valence-electron chi connectivity index (χ1n) is 7.25. The van der Waals surface area contributed by atoms with Gasteiger partial charge in [0.15, 0.2) is 0 Å². The van der Waals surface area contributed by atoms with E-state index in [1.165, 1.54) is 13.3 Å². The summed E-state index contributed by atoms with van der Waals surface area (Å²) in [6.45, 7) is 1.58. The van der Waals surface area contributed by atoms with Crippen LogP contribution in [0.25, 0.3) is 10.9 Å². The van der Waals surface area contributed by atoms with Crippen molar-refractivity contribution in [2.45, 2.75) is 13.0 Å². The van der Waals surface area contributed by atoms with Gasteiger partial charge in [-0.3, -0.25) is 9.59 Å². The predicted octanol–water partition coefficient (Wildman–Crippen LogP) is 1.39. The highest BCUT2D eigenvalue weighted by molar-refractivity contribution is 5.93. The van der Waals surface area contributed by atoms with Crippen LogP contribution in [0.1, 0.15) is 13.0 Å². The molecule has 1 atom stereocenters. The van der Waals surface area contributed by atoms with Crippen LogP contribution < -0.4 is 15.6 Å². The lowest BCUT2D eigenvalue weighted by Gasteiger charge is -2.13. The molecule has 1 amide bonds. The van der Waals surface area contributed by atoms with Crippen LogP contribution in [-0.4, -0.2) is 33.0 Å². The smallest absolute Gasteiger partial charge is 0.278 e. The molecule has 3 aromatic rings. The van der Waals surface area contributed by atoms with Crippen molar-refractivity contribution >= 4 is 22.5 Å². The van der Waals surface area contributed by atoms with Crippen molar-refractivity contribution in [3.05, 3.63) is 52.9 Å². The van der Waals surface area contributed by atoms with Crippen molar-refractivity contribution in [2.75, 3.05) is 12.4 Å². The van der Waals surface area contributed by atoms with Gasteiger partial charge in [0.25, 0.3) is 5.56 Å². The van der Waals surface area contributed by atoms with Crippen molar-refractivity contribution in [3.8, 4) is 5.88 Å². The fourth-order valence-corrected chi connectivity index (χ4v) is 2.19. The third-order valence-electron chi connectivity index (χ3n) is 3.55. The molecule has 0 bridgehead atoms. The number of fused-ring (bicyclic) bond motifs is 1. The Labute approximate surface area is 137 Å². The molecule has 1 aromatic carbocycles. The summed E-state index contributed by atoms with van der Waals surface area (Å²) in [5.41, 5.74) is 0.622. The maximum absolute atomic E-state index is 12.5. The molecule has 0 saturated carbocycles. The second kappa shape index (κ2) is 6.45. The highest BCUT2D eigenvalue weighted by Crippen LogP contribution is 2.13. The van der Waals surface area contributed by atoms with E-state index >= 15 is 0 Å². The molecule has 0 spiro atoms. The number of amides is 1. The van der Waals surface area contributed by atoms with Gasteiger partial charge in [0.2, 0.25) is 11.8 Å². The number of ether oxygens (including phenoxy) is 1. The van der Waals surface area contributed by atoms with Gasteiger partial charge < -0.3 is 10.1 Å². The zero-order chi connectivity index (χ0) is 17.1. The van der Waals surface area contributed by atoms with Crippen molar-refractivity contribution in [2.24, 2.45) is 0 Å². The molecule has 3 rings (SSSR count). The summed E-state index contributed by atoms with van der Waals surface area (Å²) in [4.78, 5) is 28.8. The minimum Gasteiger partial charge on any atom is -0.481 e. The summed E-state index contributed by atoms with van der Waals surface area (Å²) < 4.78 is 6.02. The van der Waals surface area contributed by atoms with Gasteiger partial charge in [-0.1, -0.05) is 17.3 Å². The van der Waals surface area contributed by atoms with Gasteiger partial charge in [-0.25, -0.2) is 4.98 Å². The maximum Gasteiger partial charge on any atom is 0.278 e. The van der Waals surface area contributed by atoms with Gasteiger partial charge >= 0.3 is 0 Å². The zero-order valence-corrected chi connectivity index (χ0v) is 13.1. The van der Waals surface area contributed by atoms with Gasteiger partial charge in [-0.05, 0) is 25.1 Å². The number of anilines is 1. The number of hydrogen-bond acceptors (Lipinski definition) is 6. The van der Waals surface area contributed by atoms with Crippen molar-refractivity contribution < 1.29 is 9.53 Å². The average molecular weight is 325 g/mol. The van der Waals surface area contributed by atoms with Crippen LogP contribution in [0, 0.1) is 0 Å². The number of methoxy groups -OCH3 is 1. The summed E-state index contributed by atoms with van der Waals surface area (Å²) in [7, 11) is 1.51. The lowest BCUT2D eigenvalue weighted by molar-refractivity contribution is -0.119. The first kappa shape index (κ1) is 15.6. The van der Waals surface area contributed by atoms with E-state index in [0.29, 0.717) is 22.5 Å². The maximum atomic E-state index is 12.5. The normalized spacial score (nSPS) is 11.9. The Balaban J connectivity index is 1.85. The summed E-state index contributed by atoms with van der Waals surface area (Å²) in [6.07, 6.45) is 1.47. The zero-order valence-electron chi connectivity index (χ0n) is 13.1. The fraction of sp³-hybridized carbons (Fsp3) is 0.188. The molecule has 0 aliphatic heterocycles. The number of pyridine rings is 1. The second-order valence-corrected chi connectivity index (χ2v) is 5.11. The Hall–Kier alpha value is -3.29. The van der Waals surface area contributed by atoms with E-state index in [1.54, 1.807) is 43.3 Å². The molecule has 0 aliphatic carbocycles. The number of nitrogens with one attached hydrogen (secondary N) is 1. The summed E-state index contributed by atoms with van der Waals surface area (Å²) in [5, 5.41) is 10.9. The summed E-state index contributed by atoms with van der Waals surface area (Å²) in [5.74, 6) is 0.0475. The minimum atomic E-state index is -0.822. The molecule has 0 radical (unpaired) electrons. The van der Waals surface area contributed by atoms with E-state index in [0.717, 1.165) is 4.68 Å². The molecule has 8 nitrogen and oxygen atoms in total. The van der Waals surface area contributed by atoms with Gasteiger partial charge in [-0.15, -0.1) is 5.10 Å². The van der Waals surface area contributed by atoms with Crippen LogP contribution in [0.4, 0.5) is 5.69 Å². The minimum absolute atomic E-state index is 0.365. The Morgan fingerprint density at radius 3 is 2.75 bits per heavy atom. The molecule has 122 valence electrons. The van der Waals surface area contributed by atoms with E-state index in [9.17, 15) is 9.59 Å². The number of carbonyl (C=O) groups excluding carboxylic acids is 1. The highest BCUT2D eigenvalue weighted by atomic mass is 16.5. The van der Waals surface area contributed by atoms with Gasteiger partial charge in [0, 0.05) is 6.07 Å².